The van der Waals surface area contributed by atoms with Crippen molar-refractivity contribution in [2.24, 2.45) is 0 Å². The van der Waals surface area contributed by atoms with E-state index in [4.69, 9.17) is 11.6 Å². The highest BCUT2D eigenvalue weighted by molar-refractivity contribution is 6.31. The van der Waals surface area contributed by atoms with Crippen LogP contribution in [0.25, 0.3) is 27.8 Å². The molecule has 2 aromatic carbocycles. The normalized spacial score (nSPS) is 12.0. The summed E-state index contributed by atoms with van der Waals surface area (Å²) < 4.78 is 40.8. The molecule has 0 aliphatic rings. The molecular formula is C19H15ClF3N5. The van der Waals surface area contributed by atoms with Crippen LogP contribution in [0.1, 0.15) is 18.9 Å². The average molecular weight is 406 g/mol. The van der Waals surface area contributed by atoms with Crippen LogP contribution in [0.5, 0.6) is 0 Å². The van der Waals surface area contributed by atoms with Crippen LogP contribution in [0.15, 0.2) is 42.5 Å². The van der Waals surface area contributed by atoms with Gasteiger partial charge in [-0.3, -0.25) is 0 Å². The lowest BCUT2D eigenvalue weighted by Gasteiger charge is -2.10. The standard InChI is InChI=1S/C19H15ClF3N5/c1-2-8-24-17-14-10-13(20)6-7-15(14)28-18(25-17)16(26-27-28)11-4-3-5-12(9-11)19(21,22)23/h3-7,9-10H,2,8H2,1H3,(H,24,25). The maximum Gasteiger partial charge on any atom is 0.416 e. The molecule has 0 bridgehead atoms. The van der Waals surface area contributed by atoms with Crippen LogP contribution < -0.4 is 5.32 Å². The maximum atomic E-state index is 13.1. The fourth-order valence-corrected chi connectivity index (χ4v) is 3.17. The Morgan fingerprint density at radius 3 is 2.71 bits per heavy atom. The molecule has 0 fully saturated rings. The molecule has 0 spiro atoms. The fraction of sp³-hybridized carbons (Fsp3) is 0.211. The smallest absolute Gasteiger partial charge is 0.369 e. The number of aromatic nitrogens is 4. The zero-order chi connectivity index (χ0) is 19.9. The van der Waals surface area contributed by atoms with Crippen LogP contribution in [0.3, 0.4) is 0 Å². The Morgan fingerprint density at radius 1 is 1.14 bits per heavy atom. The molecule has 5 nitrogen and oxygen atoms in total. The molecule has 1 N–H and O–H groups in total. The van der Waals surface area contributed by atoms with Crippen LogP contribution in [-0.2, 0) is 6.18 Å². The number of nitrogens with zero attached hydrogens (tertiary/aromatic N) is 4. The zero-order valence-corrected chi connectivity index (χ0v) is 15.5. The van der Waals surface area contributed by atoms with E-state index in [0.717, 1.165) is 23.9 Å². The SMILES string of the molecule is CCCNc1nc2c(-c3cccc(C(F)(F)F)c3)nnn2c2ccc(Cl)cc12. The van der Waals surface area contributed by atoms with E-state index < -0.39 is 11.7 Å². The van der Waals surface area contributed by atoms with E-state index in [9.17, 15) is 13.2 Å². The van der Waals surface area contributed by atoms with E-state index in [1.807, 2.05) is 6.92 Å². The van der Waals surface area contributed by atoms with Crippen molar-refractivity contribution in [3.05, 3.63) is 53.1 Å². The predicted molar refractivity (Wildman–Crippen MR) is 103 cm³/mol. The summed E-state index contributed by atoms with van der Waals surface area (Å²) in [6, 6.07) is 10.3. The van der Waals surface area contributed by atoms with E-state index in [1.54, 1.807) is 24.3 Å². The largest absolute Gasteiger partial charge is 0.416 e. The van der Waals surface area contributed by atoms with E-state index in [1.165, 1.54) is 10.6 Å². The lowest BCUT2D eigenvalue weighted by molar-refractivity contribution is -0.137. The number of hydrogen-bond acceptors (Lipinski definition) is 4. The van der Waals surface area contributed by atoms with E-state index in [0.29, 0.717) is 34.1 Å². The average Bonchev–Trinajstić information content (AvgIpc) is 3.09. The predicted octanol–water partition coefficient (Wildman–Crippen LogP) is 5.44. The number of nitrogens with one attached hydrogen (secondary N) is 1. The molecule has 0 amide bonds. The third-order valence-corrected chi connectivity index (χ3v) is 4.55. The number of halogens is 4. The van der Waals surface area contributed by atoms with Gasteiger partial charge in [0.15, 0.2) is 5.65 Å². The van der Waals surface area contributed by atoms with Gasteiger partial charge in [-0.1, -0.05) is 35.9 Å². The Morgan fingerprint density at radius 2 is 1.96 bits per heavy atom. The molecule has 2 heterocycles. The van der Waals surface area contributed by atoms with E-state index >= 15 is 0 Å². The summed E-state index contributed by atoms with van der Waals surface area (Å²) in [5.41, 5.74) is 0.907. The van der Waals surface area contributed by atoms with Gasteiger partial charge in [-0.05, 0) is 36.8 Å². The Hall–Kier alpha value is -2.87. The third kappa shape index (κ3) is 3.24. The van der Waals surface area contributed by atoms with Gasteiger partial charge in [-0.25, -0.2) is 4.98 Å². The minimum atomic E-state index is -4.44. The molecule has 4 rings (SSSR count). The number of rotatable bonds is 4. The molecule has 2 aromatic heterocycles. The minimum Gasteiger partial charge on any atom is -0.369 e. The van der Waals surface area contributed by atoms with Crippen molar-refractivity contribution in [1.29, 1.82) is 0 Å². The maximum absolute atomic E-state index is 13.1. The topological polar surface area (TPSA) is 55.1 Å². The van der Waals surface area contributed by atoms with Gasteiger partial charge < -0.3 is 5.32 Å². The molecule has 0 radical (unpaired) electrons. The summed E-state index contributed by atoms with van der Waals surface area (Å²) in [6.07, 6.45) is -3.56. The highest BCUT2D eigenvalue weighted by atomic mass is 35.5. The van der Waals surface area contributed by atoms with Crippen LogP contribution in [0, 0.1) is 0 Å². The second-order valence-electron chi connectivity index (χ2n) is 6.30. The van der Waals surface area contributed by atoms with E-state index in [-0.39, 0.29) is 5.69 Å². The molecule has 0 atom stereocenters. The second-order valence-corrected chi connectivity index (χ2v) is 6.74. The first kappa shape index (κ1) is 18.5. The minimum absolute atomic E-state index is 0.280. The van der Waals surface area contributed by atoms with Gasteiger partial charge >= 0.3 is 6.18 Å². The first-order valence-corrected chi connectivity index (χ1v) is 9.02. The van der Waals surface area contributed by atoms with Crippen LogP contribution >= 0.6 is 11.6 Å². The lowest BCUT2D eigenvalue weighted by atomic mass is 10.1. The summed E-state index contributed by atoms with van der Waals surface area (Å²) in [5.74, 6) is 0.586. The van der Waals surface area contributed by atoms with E-state index in [2.05, 4.69) is 20.6 Å². The summed E-state index contributed by atoms with van der Waals surface area (Å²) in [7, 11) is 0. The van der Waals surface area contributed by atoms with Crippen molar-refractivity contribution in [2.75, 3.05) is 11.9 Å². The zero-order valence-electron chi connectivity index (χ0n) is 14.8. The van der Waals surface area contributed by atoms with Gasteiger partial charge in [0.25, 0.3) is 0 Å². The van der Waals surface area contributed by atoms with Gasteiger partial charge in [0.1, 0.15) is 11.5 Å². The van der Waals surface area contributed by atoms with Gasteiger partial charge in [-0.15, -0.1) is 5.10 Å². The number of benzene rings is 2. The molecule has 0 saturated carbocycles. The van der Waals surface area contributed by atoms with Crippen LogP contribution in [-0.4, -0.2) is 26.4 Å². The molecule has 0 saturated heterocycles. The fourth-order valence-electron chi connectivity index (χ4n) is 3.00. The van der Waals surface area contributed by atoms with Crippen molar-refractivity contribution >= 4 is 34.0 Å². The highest BCUT2D eigenvalue weighted by Gasteiger charge is 2.31. The Bertz CT molecular complexity index is 1170. The van der Waals surface area contributed by atoms with Gasteiger partial charge in [0.2, 0.25) is 0 Å². The summed E-state index contributed by atoms with van der Waals surface area (Å²) in [6.45, 7) is 2.71. The molecule has 144 valence electrons. The molecule has 0 unspecified atom stereocenters. The summed E-state index contributed by atoms with van der Waals surface area (Å²) >= 11 is 6.13. The number of fused-ring (bicyclic) bond motifs is 3. The van der Waals surface area contributed by atoms with Crippen molar-refractivity contribution < 1.29 is 13.2 Å². The second kappa shape index (κ2) is 6.94. The number of hydrogen-bond donors (Lipinski definition) is 1. The molecule has 0 aliphatic heterocycles. The molecule has 4 aromatic rings. The number of alkyl halides is 3. The third-order valence-electron chi connectivity index (χ3n) is 4.31. The van der Waals surface area contributed by atoms with Crippen molar-refractivity contribution in [2.45, 2.75) is 19.5 Å². The Balaban J connectivity index is 1.96. The van der Waals surface area contributed by atoms with Crippen LogP contribution in [0.4, 0.5) is 19.0 Å². The summed E-state index contributed by atoms with van der Waals surface area (Å²) in [5, 5.41) is 12.8. The molecule has 28 heavy (non-hydrogen) atoms. The molecular weight excluding hydrogens is 391 g/mol. The lowest BCUT2D eigenvalue weighted by Crippen LogP contribution is -2.06. The highest BCUT2D eigenvalue weighted by Crippen LogP contribution is 2.34. The molecule has 0 aliphatic carbocycles. The van der Waals surface area contributed by atoms with Gasteiger partial charge in [-0.2, -0.15) is 17.7 Å². The van der Waals surface area contributed by atoms with Gasteiger partial charge in [0.05, 0.1) is 11.1 Å². The van der Waals surface area contributed by atoms with Crippen molar-refractivity contribution in [3.63, 3.8) is 0 Å². The first-order valence-electron chi connectivity index (χ1n) is 8.64. The molecule has 9 heteroatoms. The first-order chi connectivity index (χ1) is 13.4. The van der Waals surface area contributed by atoms with Crippen molar-refractivity contribution in [1.82, 2.24) is 19.8 Å². The van der Waals surface area contributed by atoms with Crippen LogP contribution in [0.2, 0.25) is 5.02 Å². The summed E-state index contributed by atoms with van der Waals surface area (Å²) in [4.78, 5) is 4.60. The Kier molecular flexibility index (Phi) is 4.58. The number of anilines is 1. The Labute approximate surface area is 163 Å². The van der Waals surface area contributed by atoms with Gasteiger partial charge in [0, 0.05) is 22.5 Å². The van der Waals surface area contributed by atoms with Crippen molar-refractivity contribution in [3.8, 4) is 11.3 Å². The quantitative estimate of drug-likeness (QED) is 0.491. The monoisotopic (exact) mass is 405 g/mol.